The molecule has 0 radical (unpaired) electrons. The summed E-state index contributed by atoms with van der Waals surface area (Å²) in [7, 11) is 0. The van der Waals surface area contributed by atoms with E-state index in [0.29, 0.717) is 6.04 Å². The number of carbonyl (C=O) groups excluding carboxylic acids is 1. The van der Waals surface area contributed by atoms with Crippen LogP contribution in [-0.2, 0) is 0 Å². The van der Waals surface area contributed by atoms with E-state index in [4.69, 9.17) is 0 Å². The Bertz CT molecular complexity index is 399. The summed E-state index contributed by atoms with van der Waals surface area (Å²) in [6, 6.07) is 2.54. The molecule has 2 heterocycles. The Morgan fingerprint density at radius 2 is 2.41 bits per heavy atom. The summed E-state index contributed by atoms with van der Waals surface area (Å²) in [4.78, 5) is 12.9. The minimum absolute atomic E-state index is 0.0457. The van der Waals surface area contributed by atoms with Crippen LogP contribution in [0.4, 0.5) is 0 Å². The normalized spacial score (nSPS) is 24.6. The highest BCUT2D eigenvalue weighted by molar-refractivity contribution is 9.11. The van der Waals surface area contributed by atoms with Gasteiger partial charge in [-0.05, 0) is 60.8 Å². The third-order valence-electron chi connectivity index (χ3n) is 3.16. The molecule has 0 spiro atoms. The van der Waals surface area contributed by atoms with Crippen LogP contribution in [0, 0.1) is 6.92 Å². The maximum Gasteiger partial charge on any atom is 0.261 e. The van der Waals surface area contributed by atoms with Crippen LogP contribution < -0.4 is 10.6 Å². The first kappa shape index (κ1) is 13.1. The molecule has 1 aromatic heterocycles. The van der Waals surface area contributed by atoms with Crippen LogP contribution in [-0.4, -0.2) is 24.5 Å². The van der Waals surface area contributed by atoms with Crippen molar-refractivity contribution in [2.75, 3.05) is 6.54 Å². The van der Waals surface area contributed by atoms with Gasteiger partial charge in [0, 0.05) is 12.1 Å². The van der Waals surface area contributed by atoms with Gasteiger partial charge in [0.2, 0.25) is 0 Å². The van der Waals surface area contributed by atoms with Crippen LogP contribution in [0.2, 0.25) is 0 Å². The van der Waals surface area contributed by atoms with Gasteiger partial charge in [-0.25, -0.2) is 0 Å². The second-order valence-electron chi connectivity index (χ2n) is 4.53. The molecule has 2 rings (SSSR count). The monoisotopic (exact) mass is 316 g/mol. The van der Waals surface area contributed by atoms with Gasteiger partial charge in [-0.1, -0.05) is 0 Å². The molecule has 2 atom stereocenters. The topological polar surface area (TPSA) is 41.1 Å². The zero-order valence-corrected chi connectivity index (χ0v) is 12.5. The summed E-state index contributed by atoms with van der Waals surface area (Å²) in [5, 5.41) is 6.50. The Kier molecular flexibility index (Phi) is 4.22. The van der Waals surface area contributed by atoms with Gasteiger partial charge in [0.15, 0.2) is 0 Å². The molecule has 1 fully saturated rings. The first-order valence-corrected chi connectivity index (χ1v) is 7.49. The molecule has 0 aromatic carbocycles. The van der Waals surface area contributed by atoms with Crippen molar-refractivity contribution in [3.05, 3.63) is 20.3 Å². The lowest BCUT2D eigenvalue weighted by atomic mass is 10.00. The summed E-state index contributed by atoms with van der Waals surface area (Å²) < 4.78 is 1.04. The highest BCUT2D eigenvalue weighted by atomic mass is 79.9. The van der Waals surface area contributed by atoms with Gasteiger partial charge in [-0.15, -0.1) is 11.3 Å². The van der Waals surface area contributed by atoms with E-state index in [2.05, 4.69) is 33.5 Å². The van der Waals surface area contributed by atoms with Gasteiger partial charge < -0.3 is 10.6 Å². The second kappa shape index (κ2) is 5.50. The summed E-state index contributed by atoms with van der Waals surface area (Å²) in [5.74, 6) is 0.0457. The van der Waals surface area contributed by atoms with E-state index < -0.39 is 0 Å². The van der Waals surface area contributed by atoms with Crippen LogP contribution in [0.1, 0.15) is 35.0 Å². The van der Waals surface area contributed by atoms with Crippen molar-refractivity contribution in [3.63, 3.8) is 0 Å². The predicted molar refractivity (Wildman–Crippen MR) is 74.7 cm³/mol. The number of hydrogen-bond acceptors (Lipinski definition) is 3. The molecule has 5 heteroatoms. The van der Waals surface area contributed by atoms with Crippen molar-refractivity contribution in [3.8, 4) is 0 Å². The molecule has 1 aliphatic rings. The molecule has 3 nitrogen and oxygen atoms in total. The zero-order valence-electron chi connectivity index (χ0n) is 10.0. The number of piperidine rings is 1. The fraction of sp³-hybridized carbons (Fsp3) is 0.583. The van der Waals surface area contributed by atoms with Crippen LogP contribution in [0.5, 0.6) is 0 Å². The van der Waals surface area contributed by atoms with Crippen molar-refractivity contribution < 1.29 is 4.79 Å². The van der Waals surface area contributed by atoms with Gasteiger partial charge in [0.1, 0.15) is 0 Å². The Labute approximate surface area is 114 Å². The van der Waals surface area contributed by atoms with Crippen molar-refractivity contribution in [2.24, 2.45) is 0 Å². The van der Waals surface area contributed by atoms with Crippen LogP contribution in [0.15, 0.2) is 9.85 Å². The predicted octanol–water partition coefficient (Wildman–Crippen LogP) is 2.69. The van der Waals surface area contributed by atoms with Crippen molar-refractivity contribution in [1.29, 1.82) is 0 Å². The minimum atomic E-state index is 0.0457. The first-order valence-electron chi connectivity index (χ1n) is 5.88. The molecule has 0 bridgehead atoms. The largest absolute Gasteiger partial charge is 0.347 e. The lowest BCUT2D eigenvalue weighted by molar-refractivity contribution is 0.0924. The smallest absolute Gasteiger partial charge is 0.261 e. The lowest BCUT2D eigenvalue weighted by Gasteiger charge is -2.30. The van der Waals surface area contributed by atoms with Crippen molar-refractivity contribution in [2.45, 2.75) is 38.8 Å². The van der Waals surface area contributed by atoms with E-state index in [1.54, 1.807) is 0 Å². The number of aryl methyl sites for hydroxylation is 1. The lowest BCUT2D eigenvalue weighted by Crippen LogP contribution is -2.51. The molecule has 0 aliphatic carbocycles. The van der Waals surface area contributed by atoms with E-state index in [9.17, 15) is 4.79 Å². The Hall–Kier alpha value is -0.390. The third-order valence-corrected chi connectivity index (χ3v) is 5.29. The fourth-order valence-electron chi connectivity index (χ4n) is 2.05. The average Bonchev–Trinajstić information content (AvgIpc) is 2.63. The fourth-order valence-corrected chi connectivity index (χ4v) is 3.49. The van der Waals surface area contributed by atoms with Crippen LogP contribution >= 0.6 is 27.3 Å². The van der Waals surface area contributed by atoms with Gasteiger partial charge in [0.25, 0.3) is 5.91 Å². The summed E-state index contributed by atoms with van der Waals surface area (Å²) in [6.45, 7) is 5.18. The van der Waals surface area contributed by atoms with Gasteiger partial charge in [0.05, 0.1) is 8.66 Å². The number of thiophene rings is 1. The SMILES string of the molecule is Cc1cc(C(=O)NC2CCCNC2C)sc1Br. The van der Waals surface area contributed by atoms with Gasteiger partial charge in [-0.3, -0.25) is 4.79 Å². The number of hydrogen-bond donors (Lipinski definition) is 2. The highest BCUT2D eigenvalue weighted by Gasteiger charge is 2.23. The maximum absolute atomic E-state index is 12.1. The molecule has 0 saturated carbocycles. The van der Waals surface area contributed by atoms with Crippen molar-refractivity contribution >= 4 is 33.2 Å². The van der Waals surface area contributed by atoms with E-state index in [1.807, 2.05) is 13.0 Å². The molecule has 1 amide bonds. The molecule has 1 saturated heterocycles. The van der Waals surface area contributed by atoms with Gasteiger partial charge in [-0.2, -0.15) is 0 Å². The molecule has 1 aromatic rings. The summed E-state index contributed by atoms with van der Waals surface area (Å²) in [6.07, 6.45) is 2.19. The molecule has 17 heavy (non-hydrogen) atoms. The minimum Gasteiger partial charge on any atom is -0.347 e. The molecular formula is C12H17BrN2OS. The maximum atomic E-state index is 12.1. The van der Waals surface area contributed by atoms with Crippen LogP contribution in [0.3, 0.4) is 0 Å². The average molecular weight is 317 g/mol. The zero-order chi connectivity index (χ0) is 12.4. The first-order chi connectivity index (χ1) is 8.08. The number of nitrogens with one attached hydrogen (secondary N) is 2. The molecule has 2 unspecified atom stereocenters. The van der Waals surface area contributed by atoms with E-state index in [0.717, 1.165) is 33.6 Å². The van der Waals surface area contributed by atoms with Crippen LogP contribution in [0.25, 0.3) is 0 Å². The molecular weight excluding hydrogens is 300 g/mol. The highest BCUT2D eigenvalue weighted by Crippen LogP contribution is 2.27. The molecule has 2 N–H and O–H groups in total. The Morgan fingerprint density at radius 3 is 3.00 bits per heavy atom. The number of amides is 1. The summed E-state index contributed by atoms with van der Waals surface area (Å²) in [5.41, 5.74) is 1.12. The van der Waals surface area contributed by atoms with Crippen molar-refractivity contribution in [1.82, 2.24) is 10.6 Å². The molecule has 94 valence electrons. The number of halogens is 1. The molecule has 1 aliphatic heterocycles. The standard InChI is InChI=1S/C12H17BrN2OS/c1-7-6-10(17-11(7)13)12(16)15-9-4-3-5-14-8(9)2/h6,8-9,14H,3-5H2,1-2H3,(H,15,16). The number of rotatable bonds is 2. The second-order valence-corrected chi connectivity index (χ2v) is 6.90. The quantitative estimate of drug-likeness (QED) is 0.880. The number of carbonyl (C=O) groups is 1. The van der Waals surface area contributed by atoms with E-state index in [1.165, 1.54) is 11.3 Å². The van der Waals surface area contributed by atoms with E-state index in [-0.39, 0.29) is 11.9 Å². The summed E-state index contributed by atoms with van der Waals surface area (Å²) >= 11 is 4.94. The Balaban J connectivity index is 2.01. The Morgan fingerprint density at radius 1 is 1.65 bits per heavy atom. The van der Waals surface area contributed by atoms with E-state index >= 15 is 0 Å². The van der Waals surface area contributed by atoms with Gasteiger partial charge >= 0.3 is 0 Å². The third kappa shape index (κ3) is 3.09.